The van der Waals surface area contributed by atoms with Gasteiger partial charge in [0, 0.05) is 11.5 Å². The lowest BCUT2D eigenvalue weighted by molar-refractivity contribution is 0.111. The molecule has 0 N–H and O–H groups in total. The molecule has 0 fully saturated rings. The number of carbonyl (C=O) groups is 1. The van der Waals surface area contributed by atoms with Gasteiger partial charge in [-0.1, -0.05) is 36.9 Å². The first-order valence-corrected chi connectivity index (χ1v) is 7.17. The average Bonchev–Trinajstić information content (AvgIpc) is 2.50. The monoisotopic (exact) mass is 293 g/mol. The summed E-state index contributed by atoms with van der Waals surface area (Å²) in [6, 6.07) is 4.31. The predicted octanol–water partition coefficient (Wildman–Crippen LogP) is 4.67. The third-order valence-electron chi connectivity index (χ3n) is 3.09. The van der Waals surface area contributed by atoms with Crippen LogP contribution in [0, 0.1) is 5.82 Å². The molecule has 0 aliphatic carbocycles. The van der Waals surface area contributed by atoms with Gasteiger partial charge in [0.15, 0.2) is 17.9 Å². The summed E-state index contributed by atoms with van der Waals surface area (Å²) in [5, 5.41) is 3.47. The molecule has 5 nitrogen and oxygen atoms in total. The predicted molar refractivity (Wildman–Crippen MR) is 79.0 cm³/mol. The molecule has 0 bridgehead atoms. The van der Waals surface area contributed by atoms with E-state index in [0.29, 0.717) is 19.4 Å². The van der Waals surface area contributed by atoms with E-state index in [2.05, 4.69) is 10.0 Å². The van der Waals surface area contributed by atoms with Gasteiger partial charge in [-0.25, -0.2) is 4.39 Å². The summed E-state index contributed by atoms with van der Waals surface area (Å²) in [6.45, 7) is 0.960. The Morgan fingerprint density at radius 3 is 2.62 bits per heavy atom. The van der Waals surface area contributed by atoms with Crippen molar-refractivity contribution >= 4 is 6.29 Å². The second-order valence-electron chi connectivity index (χ2n) is 4.70. The number of hydrogen-bond acceptors (Lipinski definition) is 3. The normalized spacial score (nSPS) is 9.95. The van der Waals surface area contributed by atoms with Crippen LogP contribution in [0.1, 0.15) is 48.9 Å². The quantitative estimate of drug-likeness (QED) is 0.195. The van der Waals surface area contributed by atoms with E-state index >= 15 is 0 Å². The van der Waals surface area contributed by atoms with Crippen molar-refractivity contribution in [3.05, 3.63) is 40.0 Å². The van der Waals surface area contributed by atoms with Gasteiger partial charge in [-0.15, -0.1) is 0 Å². The second kappa shape index (κ2) is 10.7. The number of benzene rings is 1. The number of aldehydes is 1. The first kappa shape index (κ1) is 17.0. The Labute approximate surface area is 123 Å². The van der Waals surface area contributed by atoms with Crippen LogP contribution in [0.5, 0.6) is 5.75 Å². The van der Waals surface area contributed by atoms with Gasteiger partial charge in [0.1, 0.15) is 0 Å². The fraction of sp³-hybridized carbons (Fsp3) is 0.533. The summed E-state index contributed by atoms with van der Waals surface area (Å²) in [5.41, 5.74) is 8.36. The third kappa shape index (κ3) is 6.77. The Kier molecular flexibility index (Phi) is 8.64. The van der Waals surface area contributed by atoms with Gasteiger partial charge in [0.25, 0.3) is 0 Å². The lowest BCUT2D eigenvalue weighted by Crippen LogP contribution is -2.02. The summed E-state index contributed by atoms with van der Waals surface area (Å²) in [7, 11) is 0. The first-order chi connectivity index (χ1) is 10.3. The minimum Gasteiger partial charge on any atom is -0.490 e. The van der Waals surface area contributed by atoms with Gasteiger partial charge < -0.3 is 4.74 Å². The van der Waals surface area contributed by atoms with Crippen LogP contribution >= 0.6 is 0 Å². The summed E-state index contributed by atoms with van der Waals surface area (Å²) in [4.78, 5) is 13.5. The molecule has 1 aromatic carbocycles. The maximum atomic E-state index is 13.5. The van der Waals surface area contributed by atoms with Crippen LogP contribution < -0.4 is 4.74 Å². The van der Waals surface area contributed by atoms with E-state index in [-0.39, 0.29) is 11.3 Å². The van der Waals surface area contributed by atoms with E-state index in [0.717, 1.165) is 38.5 Å². The van der Waals surface area contributed by atoms with Gasteiger partial charge in [0.2, 0.25) is 0 Å². The van der Waals surface area contributed by atoms with E-state index in [1.807, 2.05) is 0 Å². The SMILES string of the molecule is [N-]=[N+]=NCCCCCCCCOc1c(F)cccc1C=O. The smallest absolute Gasteiger partial charge is 0.165 e. The van der Waals surface area contributed by atoms with Gasteiger partial charge in [-0.05, 0) is 30.5 Å². The van der Waals surface area contributed by atoms with Crippen LogP contribution in [-0.4, -0.2) is 19.4 Å². The van der Waals surface area contributed by atoms with Crippen LogP contribution in [0.3, 0.4) is 0 Å². The molecule has 0 aliphatic heterocycles. The van der Waals surface area contributed by atoms with Crippen molar-refractivity contribution in [2.75, 3.05) is 13.2 Å². The zero-order chi connectivity index (χ0) is 15.3. The molecule has 21 heavy (non-hydrogen) atoms. The summed E-state index contributed by atoms with van der Waals surface area (Å²) >= 11 is 0. The van der Waals surface area contributed by atoms with Crippen LogP contribution in [0.15, 0.2) is 23.3 Å². The average molecular weight is 293 g/mol. The Hall–Kier alpha value is -2.07. The van der Waals surface area contributed by atoms with E-state index in [4.69, 9.17) is 10.3 Å². The topological polar surface area (TPSA) is 75.1 Å². The van der Waals surface area contributed by atoms with Crippen LogP contribution in [0.2, 0.25) is 0 Å². The Bertz CT molecular complexity index is 488. The highest BCUT2D eigenvalue weighted by Crippen LogP contribution is 2.21. The zero-order valence-corrected chi connectivity index (χ0v) is 12.0. The number of ether oxygens (including phenoxy) is 1. The Morgan fingerprint density at radius 1 is 1.19 bits per heavy atom. The van der Waals surface area contributed by atoms with Crippen molar-refractivity contribution in [2.45, 2.75) is 38.5 Å². The van der Waals surface area contributed by atoms with Crippen molar-refractivity contribution < 1.29 is 13.9 Å². The highest BCUT2D eigenvalue weighted by molar-refractivity contribution is 5.79. The molecular weight excluding hydrogens is 273 g/mol. The maximum Gasteiger partial charge on any atom is 0.165 e. The molecule has 0 atom stereocenters. The molecule has 0 spiro atoms. The van der Waals surface area contributed by atoms with Crippen molar-refractivity contribution in [2.24, 2.45) is 5.11 Å². The van der Waals surface area contributed by atoms with Gasteiger partial charge in [-0.2, -0.15) is 0 Å². The van der Waals surface area contributed by atoms with Crippen molar-refractivity contribution in [1.82, 2.24) is 0 Å². The number of para-hydroxylation sites is 1. The number of halogens is 1. The summed E-state index contributed by atoms with van der Waals surface area (Å²) < 4.78 is 18.9. The minimum atomic E-state index is -0.502. The van der Waals surface area contributed by atoms with Gasteiger partial charge in [0.05, 0.1) is 12.2 Å². The van der Waals surface area contributed by atoms with Crippen molar-refractivity contribution in [3.8, 4) is 5.75 Å². The number of rotatable bonds is 11. The largest absolute Gasteiger partial charge is 0.490 e. The van der Waals surface area contributed by atoms with E-state index < -0.39 is 5.82 Å². The van der Waals surface area contributed by atoms with Crippen LogP contribution in [0.4, 0.5) is 4.39 Å². The Balaban J connectivity index is 2.12. The molecule has 6 heteroatoms. The Morgan fingerprint density at radius 2 is 1.90 bits per heavy atom. The second-order valence-corrected chi connectivity index (χ2v) is 4.70. The fourth-order valence-electron chi connectivity index (χ4n) is 1.98. The molecule has 0 radical (unpaired) electrons. The fourth-order valence-corrected chi connectivity index (χ4v) is 1.98. The highest BCUT2D eigenvalue weighted by atomic mass is 19.1. The third-order valence-corrected chi connectivity index (χ3v) is 3.09. The standard InChI is InChI=1S/C15H20FN3O2/c16-14-9-7-8-13(12-20)15(14)21-11-6-4-2-1-3-5-10-18-19-17/h7-9,12H,1-6,10-11H2. The number of nitrogens with zero attached hydrogens (tertiary/aromatic N) is 3. The molecule has 0 aliphatic rings. The van der Waals surface area contributed by atoms with Crippen molar-refractivity contribution in [1.29, 1.82) is 0 Å². The van der Waals surface area contributed by atoms with Crippen LogP contribution in [-0.2, 0) is 0 Å². The highest BCUT2D eigenvalue weighted by Gasteiger charge is 2.08. The number of unbranched alkanes of at least 4 members (excludes halogenated alkanes) is 5. The van der Waals surface area contributed by atoms with E-state index in [9.17, 15) is 9.18 Å². The number of carbonyl (C=O) groups excluding carboxylic acids is 1. The molecule has 0 aromatic heterocycles. The van der Waals surface area contributed by atoms with Crippen molar-refractivity contribution in [3.63, 3.8) is 0 Å². The molecule has 0 saturated carbocycles. The lowest BCUT2D eigenvalue weighted by Gasteiger charge is -2.09. The molecule has 0 unspecified atom stereocenters. The molecule has 0 saturated heterocycles. The summed E-state index contributed by atoms with van der Waals surface area (Å²) in [6.07, 6.45) is 6.52. The molecule has 1 rings (SSSR count). The van der Waals surface area contributed by atoms with Gasteiger partial charge >= 0.3 is 0 Å². The first-order valence-electron chi connectivity index (χ1n) is 7.17. The van der Waals surface area contributed by atoms with E-state index in [1.165, 1.54) is 18.2 Å². The maximum absolute atomic E-state index is 13.5. The summed E-state index contributed by atoms with van der Waals surface area (Å²) in [5.74, 6) is -0.459. The molecule has 0 heterocycles. The number of azide groups is 1. The molecular formula is C15H20FN3O2. The molecule has 0 amide bonds. The minimum absolute atomic E-state index is 0.0434. The van der Waals surface area contributed by atoms with Gasteiger partial charge in [-0.3, -0.25) is 4.79 Å². The zero-order valence-electron chi connectivity index (χ0n) is 12.0. The lowest BCUT2D eigenvalue weighted by atomic mass is 10.1. The molecule has 114 valence electrons. The number of hydrogen-bond donors (Lipinski definition) is 0. The van der Waals surface area contributed by atoms with E-state index in [1.54, 1.807) is 0 Å². The van der Waals surface area contributed by atoms with Crippen LogP contribution in [0.25, 0.3) is 10.4 Å². The molecule has 1 aromatic rings.